The number of anilines is 1. The minimum atomic E-state index is -0.121. The highest BCUT2D eigenvalue weighted by Gasteiger charge is 2.19. The van der Waals surface area contributed by atoms with Crippen molar-refractivity contribution in [3.63, 3.8) is 0 Å². The van der Waals surface area contributed by atoms with E-state index in [1.807, 2.05) is 12.3 Å². The standard InChI is InChI=1S/C18H25N5O/c1-18(2,3)17-21-13(11-24-4)8-15(23-17)20-10-16-19-9-12-6-5-7-14(12)22-16/h8-9H,5-7,10-11H2,1-4H3,(H,20,21,23). The van der Waals surface area contributed by atoms with Crippen molar-refractivity contribution in [2.75, 3.05) is 12.4 Å². The molecule has 0 atom stereocenters. The molecule has 0 aliphatic heterocycles. The van der Waals surface area contributed by atoms with Gasteiger partial charge < -0.3 is 10.1 Å². The SMILES string of the molecule is COCc1cc(NCc2ncc3c(n2)CCC3)nc(C(C)(C)C)n1. The minimum Gasteiger partial charge on any atom is -0.378 e. The number of aromatic nitrogens is 4. The summed E-state index contributed by atoms with van der Waals surface area (Å²) in [4.78, 5) is 18.3. The molecule has 0 fully saturated rings. The summed E-state index contributed by atoms with van der Waals surface area (Å²) in [5.41, 5.74) is 3.23. The Labute approximate surface area is 143 Å². The lowest BCUT2D eigenvalue weighted by Crippen LogP contribution is -2.19. The maximum absolute atomic E-state index is 5.22. The summed E-state index contributed by atoms with van der Waals surface area (Å²) in [5.74, 6) is 2.39. The van der Waals surface area contributed by atoms with Crippen molar-refractivity contribution in [3.8, 4) is 0 Å². The molecule has 6 nitrogen and oxygen atoms in total. The molecule has 0 spiro atoms. The number of aryl methyl sites for hydroxylation is 2. The highest BCUT2D eigenvalue weighted by Crippen LogP contribution is 2.22. The molecule has 24 heavy (non-hydrogen) atoms. The van der Waals surface area contributed by atoms with Crippen LogP contribution in [0.3, 0.4) is 0 Å². The van der Waals surface area contributed by atoms with Crippen LogP contribution in [0.25, 0.3) is 0 Å². The minimum absolute atomic E-state index is 0.121. The van der Waals surface area contributed by atoms with Gasteiger partial charge in [0, 0.05) is 30.5 Å². The second-order valence-electron chi connectivity index (χ2n) is 7.22. The van der Waals surface area contributed by atoms with Crippen molar-refractivity contribution < 1.29 is 4.74 Å². The Morgan fingerprint density at radius 3 is 2.75 bits per heavy atom. The molecule has 1 aliphatic carbocycles. The molecule has 128 valence electrons. The Kier molecular flexibility index (Phi) is 4.76. The Bertz CT molecular complexity index is 724. The summed E-state index contributed by atoms with van der Waals surface area (Å²) in [5, 5.41) is 3.33. The zero-order valence-electron chi connectivity index (χ0n) is 14.9. The van der Waals surface area contributed by atoms with Crippen LogP contribution in [-0.2, 0) is 36.1 Å². The number of rotatable bonds is 5. The summed E-state index contributed by atoms with van der Waals surface area (Å²) < 4.78 is 5.22. The van der Waals surface area contributed by atoms with Crippen LogP contribution >= 0.6 is 0 Å². The van der Waals surface area contributed by atoms with Crippen molar-refractivity contribution in [1.82, 2.24) is 19.9 Å². The maximum Gasteiger partial charge on any atom is 0.147 e. The van der Waals surface area contributed by atoms with Crippen LogP contribution in [0.15, 0.2) is 12.3 Å². The summed E-state index contributed by atoms with van der Waals surface area (Å²) in [6.45, 7) is 7.33. The largest absolute Gasteiger partial charge is 0.378 e. The lowest BCUT2D eigenvalue weighted by atomic mass is 9.95. The van der Waals surface area contributed by atoms with E-state index < -0.39 is 0 Å². The molecule has 2 aromatic rings. The normalized spacial score (nSPS) is 13.8. The molecule has 0 radical (unpaired) electrons. The van der Waals surface area contributed by atoms with Crippen molar-refractivity contribution in [2.24, 2.45) is 0 Å². The first-order chi connectivity index (χ1) is 11.5. The highest BCUT2D eigenvalue weighted by molar-refractivity contribution is 5.37. The van der Waals surface area contributed by atoms with E-state index in [0.29, 0.717) is 13.2 Å². The molecule has 0 aromatic carbocycles. The van der Waals surface area contributed by atoms with Crippen molar-refractivity contribution in [2.45, 2.75) is 58.6 Å². The van der Waals surface area contributed by atoms with Gasteiger partial charge in [-0.05, 0) is 24.8 Å². The summed E-state index contributed by atoms with van der Waals surface area (Å²) >= 11 is 0. The second-order valence-corrected chi connectivity index (χ2v) is 7.22. The zero-order chi connectivity index (χ0) is 17.2. The number of ether oxygens (including phenoxy) is 1. The number of fused-ring (bicyclic) bond motifs is 1. The average molecular weight is 327 g/mol. The highest BCUT2D eigenvalue weighted by atomic mass is 16.5. The molecule has 0 saturated carbocycles. The molecule has 6 heteroatoms. The predicted molar refractivity (Wildman–Crippen MR) is 92.8 cm³/mol. The van der Waals surface area contributed by atoms with Crippen LogP contribution in [0.1, 0.15) is 55.8 Å². The molecule has 2 heterocycles. The van der Waals surface area contributed by atoms with Gasteiger partial charge >= 0.3 is 0 Å². The van der Waals surface area contributed by atoms with E-state index >= 15 is 0 Å². The lowest BCUT2D eigenvalue weighted by molar-refractivity contribution is 0.181. The molecule has 0 unspecified atom stereocenters. The van der Waals surface area contributed by atoms with E-state index in [-0.39, 0.29) is 5.41 Å². The molecule has 0 amide bonds. The molecule has 3 rings (SSSR count). The molecule has 1 aliphatic rings. The third-order valence-electron chi connectivity index (χ3n) is 4.03. The first-order valence-corrected chi connectivity index (χ1v) is 8.40. The third-order valence-corrected chi connectivity index (χ3v) is 4.03. The van der Waals surface area contributed by atoms with Crippen molar-refractivity contribution in [3.05, 3.63) is 40.9 Å². The first-order valence-electron chi connectivity index (χ1n) is 8.40. The van der Waals surface area contributed by atoms with Crippen molar-refractivity contribution >= 4 is 5.82 Å². The van der Waals surface area contributed by atoms with Crippen LogP contribution < -0.4 is 5.32 Å². The van der Waals surface area contributed by atoms with E-state index in [1.165, 1.54) is 17.7 Å². The monoisotopic (exact) mass is 327 g/mol. The molecule has 1 N–H and O–H groups in total. The van der Waals surface area contributed by atoms with Gasteiger partial charge in [0.25, 0.3) is 0 Å². The fraction of sp³-hybridized carbons (Fsp3) is 0.556. The molecule has 2 aromatic heterocycles. The van der Waals surface area contributed by atoms with Crippen molar-refractivity contribution in [1.29, 1.82) is 0 Å². The Morgan fingerprint density at radius 2 is 2.00 bits per heavy atom. The molecular formula is C18H25N5O. The van der Waals surface area contributed by atoms with Crippen LogP contribution in [0.2, 0.25) is 0 Å². The topological polar surface area (TPSA) is 72.8 Å². The van der Waals surface area contributed by atoms with Gasteiger partial charge in [-0.3, -0.25) is 0 Å². The number of hydrogen-bond acceptors (Lipinski definition) is 6. The van der Waals surface area contributed by atoms with Gasteiger partial charge in [-0.2, -0.15) is 0 Å². The fourth-order valence-electron chi connectivity index (χ4n) is 2.76. The average Bonchev–Trinajstić information content (AvgIpc) is 3.00. The van der Waals surface area contributed by atoms with E-state index in [0.717, 1.165) is 36.0 Å². The number of methoxy groups -OCH3 is 1. The zero-order valence-corrected chi connectivity index (χ0v) is 14.9. The van der Waals surface area contributed by atoms with Gasteiger partial charge in [0.05, 0.1) is 18.8 Å². The Hall–Kier alpha value is -2.08. The lowest BCUT2D eigenvalue weighted by Gasteiger charge is -2.19. The van der Waals surface area contributed by atoms with Gasteiger partial charge in [-0.1, -0.05) is 20.8 Å². The first kappa shape index (κ1) is 16.8. The quantitative estimate of drug-likeness (QED) is 0.910. The van der Waals surface area contributed by atoms with E-state index in [1.54, 1.807) is 7.11 Å². The number of nitrogens with zero attached hydrogens (tertiary/aromatic N) is 4. The van der Waals surface area contributed by atoms with Gasteiger partial charge in [-0.15, -0.1) is 0 Å². The van der Waals surface area contributed by atoms with Crippen LogP contribution in [0.5, 0.6) is 0 Å². The number of nitrogens with one attached hydrogen (secondary N) is 1. The molecular weight excluding hydrogens is 302 g/mol. The van der Waals surface area contributed by atoms with E-state index in [4.69, 9.17) is 4.74 Å². The third kappa shape index (κ3) is 3.87. The van der Waals surface area contributed by atoms with Gasteiger partial charge in [0.2, 0.25) is 0 Å². The van der Waals surface area contributed by atoms with E-state index in [2.05, 4.69) is 46.0 Å². The smallest absolute Gasteiger partial charge is 0.147 e. The summed E-state index contributed by atoms with van der Waals surface area (Å²) in [6.07, 6.45) is 5.31. The Balaban J connectivity index is 1.77. The maximum atomic E-state index is 5.22. The predicted octanol–water partition coefficient (Wildman–Crippen LogP) is 2.81. The number of hydrogen-bond donors (Lipinski definition) is 1. The van der Waals surface area contributed by atoms with Gasteiger partial charge in [-0.25, -0.2) is 19.9 Å². The van der Waals surface area contributed by atoms with Gasteiger partial charge in [0.1, 0.15) is 17.5 Å². The van der Waals surface area contributed by atoms with E-state index in [9.17, 15) is 0 Å². The van der Waals surface area contributed by atoms with Crippen LogP contribution in [0.4, 0.5) is 5.82 Å². The molecule has 0 saturated heterocycles. The summed E-state index contributed by atoms with van der Waals surface area (Å²) in [7, 11) is 1.67. The fourth-order valence-corrected chi connectivity index (χ4v) is 2.76. The Morgan fingerprint density at radius 1 is 1.17 bits per heavy atom. The van der Waals surface area contributed by atoms with Gasteiger partial charge in [0.15, 0.2) is 0 Å². The summed E-state index contributed by atoms with van der Waals surface area (Å²) in [6, 6.07) is 1.92. The van der Waals surface area contributed by atoms with Crippen LogP contribution in [0, 0.1) is 0 Å². The van der Waals surface area contributed by atoms with Crippen LogP contribution in [-0.4, -0.2) is 27.0 Å². The molecule has 0 bridgehead atoms. The second kappa shape index (κ2) is 6.81.